The number of alkyl halides is 3. The number of hydrogen-bond acceptors (Lipinski definition) is 4. The van der Waals surface area contributed by atoms with E-state index in [1.165, 1.54) is 6.07 Å². The Morgan fingerprint density at radius 1 is 1.24 bits per heavy atom. The van der Waals surface area contributed by atoms with Gasteiger partial charge in [-0.1, -0.05) is 30.3 Å². The van der Waals surface area contributed by atoms with Crippen molar-refractivity contribution in [3.8, 4) is 11.1 Å². The zero-order chi connectivity index (χ0) is 15.0. The van der Waals surface area contributed by atoms with E-state index in [9.17, 15) is 13.2 Å². The van der Waals surface area contributed by atoms with Gasteiger partial charge in [-0.05, 0) is 18.6 Å². The van der Waals surface area contributed by atoms with E-state index in [2.05, 4.69) is 10.5 Å². The number of hydrogen-bond donors (Lipinski definition) is 1. The number of nitrogens with one attached hydrogen (secondary N) is 1. The lowest BCUT2D eigenvalue weighted by Crippen LogP contribution is -2.17. The molecular weight excluding hydrogens is 301 g/mol. The summed E-state index contributed by atoms with van der Waals surface area (Å²) in [5, 5.41) is 0. The van der Waals surface area contributed by atoms with Crippen LogP contribution in [0.1, 0.15) is 16.7 Å². The van der Waals surface area contributed by atoms with E-state index in [1.54, 1.807) is 37.3 Å². The third-order valence-electron chi connectivity index (χ3n) is 2.92. The zero-order valence-corrected chi connectivity index (χ0v) is 11.8. The highest BCUT2D eigenvalue weighted by Gasteiger charge is 2.37. The van der Waals surface area contributed by atoms with E-state index < -0.39 is 11.1 Å². The Labute approximate surface area is 123 Å². The van der Waals surface area contributed by atoms with Gasteiger partial charge in [-0.2, -0.15) is 13.2 Å². The van der Waals surface area contributed by atoms with Gasteiger partial charge in [0.1, 0.15) is 11.0 Å². The van der Waals surface area contributed by atoms with E-state index >= 15 is 0 Å². The van der Waals surface area contributed by atoms with Crippen molar-refractivity contribution < 1.29 is 18.0 Å². The minimum Gasteiger partial charge on any atom is -0.385 e. The van der Waals surface area contributed by atoms with Crippen LogP contribution in [0.25, 0.3) is 11.1 Å². The molecule has 1 unspecified atom stereocenters. The largest absolute Gasteiger partial charge is 0.426 e. The normalized spacial score (nSPS) is 18.5. The third kappa shape index (κ3) is 2.79. The number of thiophene rings is 1. The SMILES string of the molecule is CC1N=C(c2cc(-c3ccccc3)c(C(F)(F)F)s2)ON1. The summed E-state index contributed by atoms with van der Waals surface area (Å²) in [7, 11) is 0. The summed E-state index contributed by atoms with van der Waals surface area (Å²) in [4.78, 5) is 8.94. The van der Waals surface area contributed by atoms with Gasteiger partial charge in [0.25, 0.3) is 5.90 Å². The lowest BCUT2D eigenvalue weighted by Gasteiger charge is -2.07. The topological polar surface area (TPSA) is 33.6 Å². The van der Waals surface area contributed by atoms with Crippen LogP contribution in [0, 0.1) is 0 Å². The van der Waals surface area contributed by atoms with E-state index in [4.69, 9.17) is 4.84 Å². The average Bonchev–Trinajstić information content (AvgIpc) is 3.05. The minimum atomic E-state index is -4.41. The molecule has 2 heterocycles. The van der Waals surface area contributed by atoms with Crippen LogP contribution >= 0.6 is 11.3 Å². The summed E-state index contributed by atoms with van der Waals surface area (Å²) in [5.41, 5.74) is 3.26. The molecule has 0 bridgehead atoms. The van der Waals surface area contributed by atoms with E-state index in [0.717, 1.165) is 0 Å². The monoisotopic (exact) mass is 312 g/mol. The first-order valence-electron chi connectivity index (χ1n) is 6.22. The van der Waals surface area contributed by atoms with Crippen LogP contribution < -0.4 is 5.48 Å². The summed E-state index contributed by atoms with van der Waals surface area (Å²) in [6.45, 7) is 1.75. The summed E-state index contributed by atoms with van der Waals surface area (Å²) in [6, 6.07) is 9.96. The van der Waals surface area contributed by atoms with Crippen LogP contribution in [0.5, 0.6) is 0 Å². The number of hydroxylamine groups is 1. The number of halogens is 3. The molecule has 0 aliphatic carbocycles. The van der Waals surface area contributed by atoms with Crippen LogP contribution in [0.2, 0.25) is 0 Å². The smallest absolute Gasteiger partial charge is 0.385 e. The molecule has 0 radical (unpaired) electrons. The Hall–Kier alpha value is -1.86. The second-order valence-electron chi connectivity index (χ2n) is 4.55. The molecular formula is C14H11F3N2OS. The van der Waals surface area contributed by atoms with E-state index in [0.29, 0.717) is 21.8 Å². The van der Waals surface area contributed by atoms with Gasteiger partial charge >= 0.3 is 6.18 Å². The highest BCUT2D eigenvalue weighted by Crippen LogP contribution is 2.43. The van der Waals surface area contributed by atoms with Crippen molar-refractivity contribution in [1.29, 1.82) is 0 Å². The van der Waals surface area contributed by atoms with Gasteiger partial charge in [-0.25, -0.2) is 4.99 Å². The molecule has 1 aliphatic rings. The second-order valence-corrected chi connectivity index (χ2v) is 5.60. The van der Waals surface area contributed by atoms with Crippen molar-refractivity contribution in [2.24, 2.45) is 4.99 Å². The molecule has 110 valence electrons. The maximum Gasteiger partial charge on any atom is 0.426 e. The van der Waals surface area contributed by atoms with Gasteiger partial charge in [0.05, 0.1) is 4.88 Å². The molecule has 1 aliphatic heterocycles. The fourth-order valence-electron chi connectivity index (χ4n) is 2.02. The Morgan fingerprint density at radius 2 is 1.95 bits per heavy atom. The molecule has 1 aromatic heterocycles. The van der Waals surface area contributed by atoms with Crippen LogP contribution in [-0.4, -0.2) is 12.1 Å². The minimum absolute atomic E-state index is 0.147. The zero-order valence-electron chi connectivity index (χ0n) is 10.9. The van der Waals surface area contributed by atoms with Crippen molar-refractivity contribution in [3.63, 3.8) is 0 Å². The van der Waals surface area contributed by atoms with Crippen molar-refractivity contribution >= 4 is 17.2 Å². The predicted molar refractivity (Wildman–Crippen MR) is 75.0 cm³/mol. The molecule has 2 aromatic rings. The maximum absolute atomic E-state index is 13.2. The molecule has 0 fully saturated rings. The van der Waals surface area contributed by atoms with Gasteiger partial charge in [0.15, 0.2) is 0 Å². The molecule has 7 heteroatoms. The molecule has 1 N–H and O–H groups in total. The molecule has 0 saturated carbocycles. The van der Waals surface area contributed by atoms with Crippen LogP contribution in [0.3, 0.4) is 0 Å². The van der Waals surface area contributed by atoms with Gasteiger partial charge in [0, 0.05) is 5.56 Å². The molecule has 1 atom stereocenters. The summed E-state index contributed by atoms with van der Waals surface area (Å²) in [5.74, 6) is 0.195. The summed E-state index contributed by atoms with van der Waals surface area (Å²) in [6.07, 6.45) is -4.68. The van der Waals surface area contributed by atoms with Crippen LogP contribution in [0.15, 0.2) is 41.4 Å². The lowest BCUT2D eigenvalue weighted by atomic mass is 10.1. The lowest BCUT2D eigenvalue weighted by molar-refractivity contribution is -0.133. The van der Waals surface area contributed by atoms with Crippen molar-refractivity contribution in [2.45, 2.75) is 19.3 Å². The maximum atomic E-state index is 13.2. The van der Waals surface area contributed by atoms with E-state index in [-0.39, 0.29) is 17.6 Å². The fraction of sp³-hybridized carbons (Fsp3) is 0.214. The van der Waals surface area contributed by atoms with Crippen LogP contribution in [-0.2, 0) is 11.0 Å². The standard InChI is InChI=1S/C14H11F3N2OS/c1-8-18-13(20-19-8)11-7-10(9-5-3-2-4-6-9)12(21-11)14(15,16)17/h2-8,19H,1H3. The van der Waals surface area contributed by atoms with E-state index in [1.807, 2.05) is 0 Å². The Kier molecular flexibility index (Phi) is 3.46. The third-order valence-corrected chi connectivity index (χ3v) is 4.09. The number of aliphatic imine (C=N–C) groups is 1. The first-order valence-corrected chi connectivity index (χ1v) is 7.04. The second kappa shape index (κ2) is 5.16. The van der Waals surface area contributed by atoms with Gasteiger partial charge in [-0.3, -0.25) is 0 Å². The molecule has 0 amide bonds. The summed E-state index contributed by atoms with van der Waals surface area (Å²) >= 11 is 0.640. The van der Waals surface area contributed by atoms with Crippen molar-refractivity contribution in [1.82, 2.24) is 5.48 Å². The molecule has 0 saturated heterocycles. The molecule has 1 aromatic carbocycles. The number of benzene rings is 1. The quantitative estimate of drug-likeness (QED) is 0.907. The van der Waals surface area contributed by atoms with Gasteiger partial charge < -0.3 is 4.84 Å². The Morgan fingerprint density at radius 3 is 2.52 bits per heavy atom. The van der Waals surface area contributed by atoms with Gasteiger partial charge in [-0.15, -0.1) is 16.8 Å². The molecule has 3 nitrogen and oxygen atoms in total. The first kappa shape index (κ1) is 14.1. The predicted octanol–water partition coefficient (Wildman–Crippen LogP) is 4.06. The molecule has 0 spiro atoms. The highest BCUT2D eigenvalue weighted by atomic mass is 32.1. The Balaban J connectivity index is 2.11. The average molecular weight is 312 g/mol. The van der Waals surface area contributed by atoms with Crippen molar-refractivity contribution in [2.75, 3.05) is 0 Å². The molecule has 3 rings (SSSR count). The van der Waals surface area contributed by atoms with Crippen LogP contribution in [0.4, 0.5) is 13.2 Å². The highest BCUT2D eigenvalue weighted by molar-refractivity contribution is 7.14. The molecule has 21 heavy (non-hydrogen) atoms. The fourth-order valence-corrected chi connectivity index (χ4v) is 3.00. The number of rotatable bonds is 2. The number of nitrogens with zero attached hydrogens (tertiary/aromatic N) is 1. The van der Waals surface area contributed by atoms with Crippen molar-refractivity contribution in [3.05, 3.63) is 46.2 Å². The first-order chi connectivity index (χ1) is 9.95. The van der Waals surface area contributed by atoms with Gasteiger partial charge in [0.2, 0.25) is 0 Å². The Bertz CT molecular complexity index is 679. The summed E-state index contributed by atoms with van der Waals surface area (Å²) < 4.78 is 39.7.